The van der Waals surface area contributed by atoms with Crippen LogP contribution in [0.3, 0.4) is 0 Å². The molecule has 1 aromatic carbocycles. The number of rotatable bonds is 6. The molecule has 5 nitrogen and oxygen atoms in total. The molecule has 0 saturated heterocycles. The Bertz CT molecular complexity index is 990. The third kappa shape index (κ3) is 3.55. The number of sulfone groups is 1. The van der Waals surface area contributed by atoms with Gasteiger partial charge in [-0.2, -0.15) is 0 Å². The number of aromatic amines is 1. The molecule has 1 atom stereocenters. The number of thiophene rings is 1. The minimum absolute atomic E-state index is 0.158. The Morgan fingerprint density at radius 1 is 1.25 bits per heavy atom. The number of para-hydroxylation sites is 1. The van der Waals surface area contributed by atoms with Gasteiger partial charge in [-0.25, -0.2) is 8.42 Å². The number of H-pyrrole nitrogens is 1. The van der Waals surface area contributed by atoms with E-state index in [1.54, 1.807) is 12.3 Å². The first-order chi connectivity index (χ1) is 11.4. The van der Waals surface area contributed by atoms with Crippen LogP contribution in [-0.4, -0.2) is 30.2 Å². The van der Waals surface area contributed by atoms with E-state index in [4.69, 9.17) is 0 Å². The average molecular weight is 428 g/mol. The molecule has 0 spiro atoms. The Balaban J connectivity index is 1.87. The normalized spacial score (nSPS) is 13.2. The van der Waals surface area contributed by atoms with Gasteiger partial charge in [0, 0.05) is 17.1 Å². The van der Waals surface area contributed by atoms with E-state index in [1.165, 1.54) is 6.07 Å². The fraction of sp³-hybridized carbons (Fsp3) is 0.188. The largest absolute Gasteiger partial charge is 0.481 e. The SMILES string of the molecule is O=C(O)[C@@H](Cc1c[nH]c2ccccc12)CS(=O)(=O)c1ccc(Br)s1. The lowest BCUT2D eigenvalue weighted by Gasteiger charge is -2.11. The highest BCUT2D eigenvalue weighted by atomic mass is 79.9. The van der Waals surface area contributed by atoms with Crippen LogP contribution < -0.4 is 0 Å². The summed E-state index contributed by atoms with van der Waals surface area (Å²) in [5.74, 6) is -2.54. The molecular weight excluding hydrogens is 414 g/mol. The van der Waals surface area contributed by atoms with E-state index in [2.05, 4.69) is 20.9 Å². The number of halogens is 1. The van der Waals surface area contributed by atoms with Gasteiger partial charge in [0.2, 0.25) is 0 Å². The first-order valence-corrected chi connectivity index (χ1v) is 10.4. The molecule has 3 aromatic rings. The van der Waals surface area contributed by atoms with Gasteiger partial charge in [-0.1, -0.05) is 18.2 Å². The van der Waals surface area contributed by atoms with Crippen molar-refractivity contribution in [2.24, 2.45) is 5.92 Å². The van der Waals surface area contributed by atoms with Gasteiger partial charge in [-0.05, 0) is 46.1 Å². The van der Waals surface area contributed by atoms with Crippen molar-refractivity contribution in [3.05, 3.63) is 51.9 Å². The zero-order chi connectivity index (χ0) is 17.3. The Kier molecular flexibility index (Phi) is 4.80. The maximum absolute atomic E-state index is 12.5. The number of hydrogen-bond donors (Lipinski definition) is 2. The molecule has 0 aliphatic carbocycles. The minimum atomic E-state index is -3.64. The van der Waals surface area contributed by atoms with Gasteiger partial charge in [0.25, 0.3) is 0 Å². The molecule has 0 saturated carbocycles. The average Bonchev–Trinajstić information content (AvgIpc) is 3.14. The number of carboxylic acids is 1. The van der Waals surface area contributed by atoms with Crippen LogP contribution >= 0.6 is 27.3 Å². The van der Waals surface area contributed by atoms with Crippen molar-refractivity contribution in [3.8, 4) is 0 Å². The van der Waals surface area contributed by atoms with Crippen molar-refractivity contribution in [1.29, 1.82) is 0 Å². The Morgan fingerprint density at radius 2 is 2.00 bits per heavy atom. The number of fused-ring (bicyclic) bond motifs is 1. The smallest absolute Gasteiger partial charge is 0.307 e. The van der Waals surface area contributed by atoms with Gasteiger partial charge in [0.05, 0.1) is 15.5 Å². The van der Waals surface area contributed by atoms with Gasteiger partial charge in [0.1, 0.15) is 4.21 Å². The summed E-state index contributed by atoms with van der Waals surface area (Å²) in [5.41, 5.74) is 1.71. The number of carboxylic acid groups (broad SMARTS) is 1. The van der Waals surface area contributed by atoms with Crippen LogP contribution in [-0.2, 0) is 21.1 Å². The minimum Gasteiger partial charge on any atom is -0.481 e. The summed E-state index contributed by atoms with van der Waals surface area (Å²) in [6.07, 6.45) is 1.90. The summed E-state index contributed by atoms with van der Waals surface area (Å²) in [6, 6.07) is 10.7. The molecule has 3 rings (SSSR count). The van der Waals surface area contributed by atoms with Crippen molar-refractivity contribution < 1.29 is 18.3 Å². The van der Waals surface area contributed by atoms with Gasteiger partial charge >= 0.3 is 5.97 Å². The summed E-state index contributed by atoms with van der Waals surface area (Å²) in [7, 11) is -3.64. The van der Waals surface area contributed by atoms with Crippen molar-refractivity contribution in [2.75, 3.05) is 5.75 Å². The molecule has 0 fully saturated rings. The van der Waals surface area contributed by atoms with Gasteiger partial charge in [0.15, 0.2) is 9.84 Å². The molecule has 8 heteroatoms. The zero-order valence-corrected chi connectivity index (χ0v) is 15.6. The Morgan fingerprint density at radius 3 is 2.67 bits per heavy atom. The highest BCUT2D eigenvalue weighted by Gasteiger charge is 2.28. The quantitative estimate of drug-likeness (QED) is 0.627. The Hall–Kier alpha value is -1.64. The fourth-order valence-electron chi connectivity index (χ4n) is 2.60. The first kappa shape index (κ1) is 17.2. The van der Waals surface area contributed by atoms with Crippen molar-refractivity contribution >= 4 is 54.0 Å². The molecule has 126 valence electrons. The second kappa shape index (κ2) is 6.70. The van der Waals surface area contributed by atoms with E-state index in [0.29, 0.717) is 3.79 Å². The molecule has 0 aliphatic heterocycles. The first-order valence-electron chi connectivity index (χ1n) is 7.13. The lowest BCUT2D eigenvalue weighted by atomic mass is 10.0. The second-order valence-electron chi connectivity index (χ2n) is 5.44. The van der Waals surface area contributed by atoms with E-state index < -0.39 is 27.5 Å². The lowest BCUT2D eigenvalue weighted by Crippen LogP contribution is -2.25. The number of aromatic nitrogens is 1. The molecule has 0 aliphatic rings. The number of aliphatic carboxylic acids is 1. The van der Waals surface area contributed by atoms with Crippen LogP contribution in [0.5, 0.6) is 0 Å². The van der Waals surface area contributed by atoms with Gasteiger partial charge in [-0.3, -0.25) is 4.79 Å². The molecule has 2 heterocycles. The van der Waals surface area contributed by atoms with Crippen LogP contribution in [0.25, 0.3) is 10.9 Å². The standard InChI is InChI=1S/C16H14BrNO4S2/c17-14-5-6-15(23-14)24(21,22)9-11(16(19)20)7-10-8-18-13-4-2-1-3-12(10)13/h1-6,8,11,18H,7,9H2,(H,19,20)/t11-/m0/s1. The second-order valence-corrected chi connectivity index (χ2v) is 10.2. The highest BCUT2D eigenvalue weighted by Crippen LogP contribution is 2.29. The zero-order valence-electron chi connectivity index (χ0n) is 12.4. The van der Waals surface area contributed by atoms with E-state index in [9.17, 15) is 18.3 Å². The lowest BCUT2D eigenvalue weighted by molar-refractivity contribution is -0.140. The summed E-state index contributed by atoms with van der Waals surface area (Å²) >= 11 is 4.32. The van der Waals surface area contributed by atoms with Crippen molar-refractivity contribution in [2.45, 2.75) is 10.6 Å². The van der Waals surface area contributed by atoms with Crippen LogP contribution in [0.2, 0.25) is 0 Å². The number of carbonyl (C=O) groups is 1. The highest BCUT2D eigenvalue weighted by molar-refractivity contribution is 9.11. The summed E-state index contributed by atoms with van der Waals surface area (Å²) in [6.45, 7) is 0. The van der Waals surface area contributed by atoms with Crippen LogP contribution in [0, 0.1) is 5.92 Å². The third-order valence-electron chi connectivity index (χ3n) is 3.77. The maximum Gasteiger partial charge on any atom is 0.307 e. The summed E-state index contributed by atoms with van der Waals surface area (Å²) in [4.78, 5) is 14.7. The molecular formula is C16H14BrNO4S2. The van der Waals surface area contributed by atoms with Gasteiger partial charge < -0.3 is 10.1 Å². The predicted molar refractivity (Wildman–Crippen MR) is 97.2 cm³/mol. The molecule has 2 N–H and O–H groups in total. The van der Waals surface area contributed by atoms with E-state index in [-0.39, 0.29) is 10.6 Å². The maximum atomic E-state index is 12.5. The van der Waals surface area contributed by atoms with Crippen LogP contribution in [0.4, 0.5) is 0 Å². The van der Waals surface area contributed by atoms with E-state index in [0.717, 1.165) is 27.8 Å². The van der Waals surface area contributed by atoms with Crippen molar-refractivity contribution in [3.63, 3.8) is 0 Å². The van der Waals surface area contributed by atoms with E-state index >= 15 is 0 Å². The van der Waals surface area contributed by atoms with Crippen molar-refractivity contribution in [1.82, 2.24) is 4.98 Å². The third-order valence-corrected chi connectivity index (χ3v) is 7.79. The van der Waals surface area contributed by atoms with E-state index in [1.807, 2.05) is 24.3 Å². The Labute approximate surface area is 151 Å². The summed E-state index contributed by atoms with van der Waals surface area (Å²) in [5, 5.41) is 10.4. The summed E-state index contributed by atoms with van der Waals surface area (Å²) < 4.78 is 25.8. The molecule has 24 heavy (non-hydrogen) atoms. The van der Waals surface area contributed by atoms with Gasteiger partial charge in [-0.15, -0.1) is 11.3 Å². The number of hydrogen-bond acceptors (Lipinski definition) is 4. The molecule has 0 radical (unpaired) electrons. The number of nitrogens with one attached hydrogen (secondary N) is 1. The fourth-order valence-corrected chi connectivity index (χ4v) is 6.25. The molecule has 2 aromatic heterocycles. The molecule has 0 amide bonds. The predicted octanol–water partition coefficient (Wildman–Crippen LogP) is 3.71. The molecule has 0 bridgehead atoms. The monoisotopic (exact) mass is 427 g/mol. The number of benzene rings is 1. The van der Waals surface area contributed by atoms with Crippen LogP contribution in [0.15, 0.2) is 50.6 Å². The molecule has 0 unspecified atom stereocenters. The van der Waals surface area contributed by atoms with Crippen LogP contribution in [0.1, 0.15) is 5.56 Å². The topological polar surface area (TPSA) is 87.2 Å².